The number of amides is 1. The molecule has 17 heteroatoms. The lowest BCUT2D eigenvalue weighted by Crippen LogP contribution is -2.56. The van der Waals surface area contributed by atoms with Crippen molar-refractivity contribution in [3.63, 3.8) is 0 Å². The number of piperidine rings is 1. The molecule has 0 saturated carbocycles. The highest BCUT2D eigenvalue weighted by Crippen LogP contribution is 2.52. The summed E-state index contributed by atoms with van der Waals surface area (Å²) in [5, 5.41) is 39.9. The van der Waals surface area contributed by atoms with Gasteiger partial charge in [-0.15, -0.1) is 16.9 Å². The Kier molecular flexibility index (Phi) is 10.2. The molecule has 10 nitrogen and oxygen atoms in total. The highest BCUT2D eigenvalue weighted by atomic mass is 32.2. The molecule has 1 amide bonds. The molecule has 1 aromatic heterocycles. The average Bonchev–Trinajstić information content (AvgIpc) is 3.52. The molecule has 0 radical (unpaired) electrons. The summed E-state index contributed by atoms with van der Waals surface area (Å²) in [6, 6.07) is 4.97. The molecule has 2 aliphatic heterocycles. The van der Waals surface area contributed by atoms with Crippen LogP contribution in [-0.2, 0) is 20.4 Å². The first-order valence-electron chi connectivity index (χ1n) is 14.5. The van der Waals surface area contributed by atoms with Crippen molar-refractivity contribution in [1.82, 2.24) is 19.9 Å². The summed E-state index contributed by atoms with van der Waals surface area (Å²) in [5.74, 6) is -4.86. The molecule has 2 aromatic carbocycles. The van der Waals surface area contributed by atoms with E-state index in [1.54, 1.807) is 0 Å². The Morgan fingerprint density at radius 2 is 1.81 bits per heavy atom. The van der Waals surface area contributed by atoms with Gasteiger partial charge in [0, 0.05) is 32.7 Å². The Balaban J connectivity index is 1.54. The third-order valence-corrected chi connectivity index (χ3v) is 10.2. The molecule has 47 heavy (non-hydrogen) atoms. The van der Waals surface area contributed by atoms with Crippen molar-refractivity contribution in [3.05, 3.63) is 71.2 Å². The van der Waals surface area contributed by atoms with E-state index in [-0.39, 0.29) is 48.7 Å². The monoisotopic (exact) mass is 690 g/mol. The molecule has 2 fully saturated rings. The van der Waals surface area contributed by atoms with E-state index in [1.165, 1.54) is 43.3 Å². The fourth-order valence-corrected chi connectivity index (χ4v) is 7.80. The van der Waals surface area contributed by atoms with Gasteiger partial charge >= 0.3 is 6.18 Å². The molecule has 3 N–H and O–H groups in total. The summed E-state index contributed by atoms with van der Waals surface area (Å²) in [5.41, 5.74) is -4.51. The number of hydrogen-bond acceptors (Lipinski definition) is 9. The topological polar surface area (TPSA) is 130 Å². The number of aliphatic hydroxyl groups excluding tert-OH is 2. The van der Waals surface area contributed by atoms with Gasteiger partial charge in [0.2, 0.25) is 5.91 Å². The maximum absolute atomic E-state index is 14.3. The second-order valence-electron chi connectivity index (χ2n) is 11.5. The van der Waals surface area contributed by atoms with Gasteiger partial charge in [0.25, 0.3) is 0 Å². The van der Waals surface area contributed by atoms with Crippen molar-refractivity contribution in [2.45, 2.75) is 66.6 Å². The molecule has 2 saturated heterocycles. The van der Waals surface area contributed by atoms with Crippen molar-refractivity contribution >= 4 is 17.7 Å². The van der Waals surface area contributed by atoms with Crippen LogP contribution in [-0.4, -0.2) is 97.3 Å². The first kappa shape index (κ1) is 35.1. The predicted octanol–water partition coefficient (Wildman–Crippen LogP) is 3.86. The minimum absolute atomic E-state index is 0.0620. The number of nitrogens with zero attached hydrogens (tertiary/aromatic N) is 4. The van der Waals surface area contributed by atoms with Crippen LogP contribution in [0, 0.1) is 17.5 Å². The molecule has 3 aromatic rings. The molecule has 0 spiro atoms. The van der Waals surface area contributed by atoms with Gasteiger partial charge in [0.1, 0.15) is 35.5 Å². The molecule has 256 valence electrons. The van der Waals surface area contributed by atoms with E-state index in [4.69, 9.17) is 9.47 Å². The second kappa shape index (κ2) is 13.7. The molecule has 0 unspecified atom stereocenters. The maximum Gasteiger partial charge on any atom is 0.416 e. The van der Waals surface area contributed by atoms with Crippen molar-refractivity contribution in [1.29, 1.82) is 0 Å². The van der Waals surface area contributed by atoms with E-state index in [0.717, 1.165) is 22.5 Å². The number of benzene rings is 2. The van der Waals surface area contributed by atoms with Gasteiger partial charge in [-0.3, -0.25) is 4.79 Å². The van der Waals surface area contributed by atoms with Gasteiger partial charge in [-0.2, -0.15) is 13.2 Å². The number of alkyl halides is 3. The summed E-state index contributed by atoms with van der Waals surface area (Å²) in [7, 11) is 1.25. The van der Waals surface area contributed by atoms with Crippen molar-refractivity contribution in [2.24, 2.45) is 0 Å². The fraction of sp³-hybridized carbons (Fsp3) is 0.500. The number of halogens is 6. The van der Waals surface area contributed by atoms with E-state index < -0.39 is 76.4 Å². The van der Waals surface area contributed by atoms with E-state index in [0.29, 0.717) is 12.1 Å². The standard InChI is InChI=1S/C30H32F6N4O6S/c1-15(42)39-9-7-29(44,8-10-39)27(17-5-3-4-6-18(17)30(34,35)36)47-28-26(45-2)24(25(43)22(14-41)46-28)40-13-21(37-38-40)16-11-19(31)23(33)20(32)12-16/h3-6,11-13,22,24-28,41,43-44H,7-10,14H2,1-2H3/t22-,24+,25+,26-,27-,28+/m1/s1. The number of aliphatic hydroxyl groups is 3. The van der Waals surface area contributed by atoms with Crippen LogP contribution in [0.3, 0.4) is 0 Å². The Bertz CT molecular complexity index is 1560. The molecular weight excluding hydrogens is 658 g/mol. The van der Waals surface area contributed by atoms with Gasteiger partial charge in [-0.25, -0.2) is 17.9 Å². The van der Waals surface area contributed by atoms with E-state index in [1.807, 2.05) is 0 Å². The summed E-state index contributed by atoms with van der Waals surface area (Å²) >= 11 is 0.800. The number of rotatable bonds is 8. The number of carbonyl (C=O) groups is 1. The van der Waals surface area contributed by atoms with Gasteiger partial charge in [0.05, 0.1) is 29.2 Å². The molecule has 5 rings (SSSR count). The number of carbonyl (C=O) groups excluding carboxylic acids is 1. The number of methoxy groups -OCH3 is 1. The maximum atomic E-state index is 14.3. The van der Waals surface area contributed by atoms with Crippen molar-refractivity contribution in [3.8, 4) is 11.3 Å². The molecule has 0 aliphatic carbocycles. The van der Waals surface area contributed by atoms with Gasteiger partial charge < -0.3 is 29.7 Å². The molecule has 2 aliphatic rings. The first-order chi connectivity index (χ1) is 22.2. The van der Waals surface area contributed by atoms with Gasteiger partial charge in [-0.05, 0) is 36.6 Å². The number of thioether (sulfide) groups is 1. The quantitative estimate of drug-likeness (QED) is 0.238. The Labute approximate surface area is 269 Å². The van der Waals surface area contributed by atoms with Crippen molar-refractivity contribution < 1.29 is 55.9 Å². The highest BCUT2D eigenvalue weighted by molar-refractivity contribution is 8.00. The SMILES string of the molecule is CO[C@@H]1[C@@H](n2cc(-c3cc(F)c(F)c(F)c3)nn2)[C@@H](O)[C@@H](CO)O[C@H]1S[C@H](c1ccccc1C(F)(F)F)C1(O)CCN(C(C)=O)CC1. The first-order valence-corrected chi connectivity index (χ1v) is 15.5. The molecular formula is C30H32F6N4O6S. The largest absolute Gasteiger partial charge is 0.416 e. The zero-order chi connectivity index (χ0) is 34.3. The minimum atomic E-state index is -4.79. The Morgan fingerprint density at radius 1 is 1.17 bits per heavy atom. The van der Waals surface area contributed by atoms with Crippen LogP contribution in [0.2, 0.25) is 0 Å². The summed E-state index contributed by atoms with van der Waals surface area (Å²) < 4.78 is 97.1. The summed E-state index contributed by atoms with van der Waals surface area (Å²) in [4.78, 5) is 13.5. The van der Waals surface area contributed by atoms with Crippen LogP contribution in [0.1, 0.15) is 42.2 Å². The summed E-state index contributed by atoms with van der Waals surface area (Å²) in [6.07, 6.45) is -7.75. The van der Waals surface area contributed by atoms with E-state index >= 15 is 0 Å². The lowest BCUT2D eigenvalue weighted by molar-refractivity contribution is -0.186. The smallest absolute Gasteiger partial charge is 0.394 e. The second-order valence-corrected chi connectivity index (χ2v) is 12.7. The van der Waals surface area contributed by atoms with Gasteiger partial charge in [0.15, 0.2) is 17.5 Å². The number of likely N-dealkylation sites (tertiary alicyclic amines) is 1. The number of hydrogen-bond donors (Lipinski definition) is 3. The van der Waals surface area contributed by atoms with E-state index in [2.05, 4.69) is 10.3 Å². The average molecular weight is 691 g/mol. The molecule has 3 heterocycles. The van der Waals surface area contributed by atoms with Crippen LogP contribution in [0.5, 0.6) is 0 Å². The zero-order valence-corrected chi connectivity index (χ0v) is 25.9. The highest BCUT2D eigenvalue weighted by Gasteiger charge is 2.52. The predicted molar refractivity (Wildman–Crippen MR) is 155 cm³/mol. The van der Waals surface area contributed by atoms with Crippen molar-refractivity contribution in [2.75, 3.05) is 26.8 Å². The number of aromatic nitrogens is 3. The summed E-state index contributed by atoms with van der Waals surface area (Å²) in [6.45, 7) is 0.795. The third-order valence-electron chi connectivity index (χ3n) is 8.57. The van der Waals surface area contributed by atoms with Crippen LogP contribution in [0.15, 0.2) is 42.6 Å². The van der Waals surface area contributed by atoms with Gasteiger partial charge in [-0.1, -0.05) is 23.4 Å². The van der Waals surface area contributed by atoms with Crippen LogP contribution in [0.25, 0.3) is 11.3 Å². The van der Waals surface area contributed by atoms with E-state index in [9.17, 15) is 46.5 Å². The van der Waals surface area contributed by atoms with Crippen LogP contribution < -0.4 is 0 Å². The Morgan fingerprint density at radius 3 is 2.38 bits per heavy atom. The normalized spacial score (nSPS) is 25.5. The van der Waals surface area contributed by atoms with Crippen LogP contribution >= 0.6 is 11.8 Å². The third kappa shape index (κ3) is 7.00. The zero-order valence-electron chi connectivity index (χ0n) is 25.1. The van der Waals surface area contributed by atoms with Crippen LogP contribution in [0.4, 0.5) is 26.3 Å². The lowest BCUT2D eigenvalue weighted by Gasteiger charge is -2.47. The minimum Gasteiger partial charge on any atom is -0.394 e. The number of ether oxygens (including phenoxy) is 2. The fourth-order valence-electron chi connectivity index (χ4n) is 6.06. The Hall–Kier alpha value is -3.22. The lowest BCUT2D eigenvalue weighted by atomic mass is 9.83. The molecule has 6 atom stereocenters. The molecule has 0 bridgehead atoms.